The fraction of sp³-hybridized carbons (Fsp3) is 0.444. The molecule has 144 valence electrons. The predicted molar refractivity (Wildman–Crippen MR) is 101 cm³/mol. The normalized spacial score (nSPS) is 23.7. The van der Waals surface area contributed by atoms with Crippen LogP contribution < -0.4 is 10.6 Å². The van der Waals surface area contributed by atoms with Crippen LogP contribution in [0.25, 0.3) is 0 Å². The van der Waals surface area contributed by atoms with Crippen molar-refractivity contribution in [2.75, 3.05) is 23.0 Å². The fourth-order valence-electron chi connectivity index (χ4n) is 3.27. The largest absolute Gasteiger partial charge is 0.454 e. The molecule has 0 aliphatic carbocycles. The lowest BCUT2D eigenvalue weighted by Gasteiger charge is -2.29. The van der Waals surface area contributed by atoms with Crippen LogP contribution >= 0.6 is 11.8 Å². The molecule has 1 aromatic carbocycles. The van der Waals surface area contributed by atoms with Gasteiger partial charge in [0.1, 0.15) is 6.04 Å². The molecule has 2 heterocycles. The van der Waals surface area contributed by atoms with Crippen molar-refractivity contribution < 1.29 is 23.9 Å². The standard InChI is InChI=1S/C18H21N3O5S/c1-11(22)19-12-3-5-13(6-4-12)20-15(23)9-26-17(25)14-10-27-18(2)8-7-16(24)21(14)18/h3-6,14H,7-10H2,1-2H3,(H,19,22)(H,20,23)/t14-,18+/m1/s1. The molecule has 3 rings (SSSR count). The molecule has 2 N–H and O–H groups in total. The number of anilines is 2. The quantitative estimate of drug-likeness (QED) is 0.739. The molecule has 2 atom stereocenters. The molecule has 27 heavy (non-hydrogen) atoms. The van der Waals surface area contributed by atoms with E-state index in [-0.39, 0.29) is 16.7 Å². The molecule has 0 saturated carbocycles. The summed E-state index contributed by atoms with van der Waals surface area (Å²) in [6.07, 6.45) is 1.15. The molecule has 9 heteroatoms. The van der Waals surface area contributed by atoms with E-state index in [1.54, 1.807) is 40.9 Å². The maximum atomic E-state index is 12.3. The summed E-state index contributed by atoms with van der Waals surface area (Å²) in [6.45, 7) is 2.94. The highest BCUT2D eigenvalue weighted by Gasteiger charge is 2.53. The molecular weight excluding hydrogens is 370 g/mol. The SMILES string of the molecule is CC(=O)Nc1ccc(NC(=O)COC(=O)[C@H]2CS[C@@]3(C)CCC(=O)N23)cc1. The Bertz CT molecular complexity index is 782. The van der Waals surface area contributed by atoms with Crippen molar-refractivity contribution in [3.05, 3.63) is 24.3 Å². The summed E-state index contributed by atoms with van der Waals surface area (Å²) in [5.41, 5.74) is 1.13. The van der Waals surface area contributed by atoms with Crippen LogP contribution in [0.3, 0.4) is 0 Å². The molecule has 2 saturated heterocycles. The van der Waals surface area contributed by atoms with E-state index in [9.17, 15) is 19.2 Å². The van der Waals surface area contributed by atoms with Gasteiger partial charge in [-0.2, -0.15) is 0 Å². The Hall–Kier alpha value is -2.55. The lowest BCUT2D eigenvalue weighted by Crippen LogP contribution is -2.47. The van der Waals surface area contributed by atoms with Crippen molar-refractivity contribution >= 4 is 46.8 Å². The Kier molecular flexibility index (Phi) is 5.41. The van der Waals surface area contributed by atoms with Crippen LogP contribution in [0.2, 0.25) is 0 Å². The minimum atomic E-state index is -0.639. The van der Waals surface area contributed by atoms with Crippen LogP contribution in [0, 0.1) is 0 Å². The number of fused-ring (bicyclic) bond motifs is 1. The number of hydrogen-bond donors (Lipinski definition) is 2. The first kappa shape index (κ1) is 19.2. The van der Waals surface area contributed by atoms with Gasteiger partial charge in [0.2, 0.25) is 11.8 Å². The second kappa shape index (κ2) is 7.59. The first-order valence-electron chi connectivity index (χ1n) is 8.59. The highest BCUT2D eigenvalue weighted by atomic mass is 32.2. The molecule has 8 nitrogen and oxygen atoms in total. The number of rotatable bonds is 5. The molecule has 1 aromatic rings. The zero-order chi connectivity index (χ0) is 19.6. The van der Waals surface area contributed by atoms with E-state index < -0.39 is 24.5 Å². The molecule has 0 radical (unpaired) electrons. The number of benzene rings is 1. The number of esters is 1. The number of hydrogen-bond acceptors (Lipinski definition) is 6. The van der Waals surface area contributed by atoms with Gasteiger partial charge in [0.05, 0.1) is 4.87 Å². The van der Waals surface area contributed by atoms with E-state index in [0.29, 0.717) is 23.5 Å². The van der Waals surface area contributed by atoms with Gasteiger partial charge in [0.15, 0.2) is 6.61 Å². The molecular formula is C18H21N3O5S. The molecule has 2 aliphatic heterocycles. The average molecular weight is 391 g/mol. The second-order valence-corrected chi connectivity index (χ2v) is 8.18. The van der Waals surface area contributed by atoms with Crippen molar-refractivity contribution in [3.63, 3.8) is 0 Å². The molecule has 0 spiro atoms. The average Bonchev–Trinajstić information content (AvgIpc) is 3.10. The highest BCUT2D eigenvalue weighted by Crippen LogP contribution is 2.47. The van der Waals surface area contributed by atoms with E-state index in [0.717, 1.165) is 6.42 Å². The monoisotopic (exact) mass is 391 g/mol. The van der Waals surface area contributed by atoms with Crippen LogP contribution in [0.15, 0.2) is 24.3 Å². The van der Waals surface area contributed by atoms with Gasteiger partial charge in [-0.25, -0.2) is 4.79 Å². The first-order chi connectivity index (χ1) is 12.8. The van der Waals surface area contributed by atoms with Gasteiger partial charge >= 0.3 is 5.97 Å². The maximum Gasteiger partial charge on any atom is 0.330 e. The third kappa shape index (κ3) is 4.24. The Morgan fingerprint density at radius 1 is 1.22 bits per heavy atom. The Morgan fingerprint density at radius 2 is 1.85 bits per heavy atom. The van der Waals surface area contributed by atoms with Gasteiger partial charge in [0.25, 0.3) is 5.91 Å². The van der Waals surface area contributed by atoms with Crippen molar-refractivity contribution in [2.24, 2.45) is 0 Å². The molecule has 0 aromatic heterocycles. The Morgan fingerprint density at radius 3 is 2.48 bits per heavy atom. The van der Waals surface area contributed by atoms with Crippen LogP contribution in [-0.2, 0) is 23.9 Å². The van der Waals surface area contributed by atoms with E-state index in [2.05, 4.69) is 10.6 Å². The summed E-state index contributed by atoms with van der Waals surface area (Å²) in [4.78, 5) is 48.6. The molecule has 2 aliphatic rings. The minimum absolute atomic E-state index is 0.0480. The molecule has 2 fully saturated rings. The van der Waals surface area contributed by atoms with Gasteiger partial charge in [0, 0.05) is 30.5 Å². The number of carbonyl (C=O) groups excluding carboxylic acids is 4. The zero-order valence-corrected chi connectivity index (χ0v) is 15.9. The van der Waals surface area contributed by atoms with Crippen molar-refractivity contribution in [1.29, 1.82) is 0 Å². The minimum Gasteiger partial charge on any atom is -0.454 e. The topological polar surface area (TPSA) is 105 Å². The Labute approximate surface area is 161 Å². The fourth-order valence-corrected chi connectivity index (χ4v) is 4.68. The number of carbonyl (C=O) groups is 4. The number of nitrogens with one attached hydrogen (secondary N) is 2. The van der Waals surface area contributed by atoms with Crippen LogP contribution in [-0.4, -0.2) is 51.9 Å². The summed E-state index contributed by atoms with van der Waals surface area (Å²) in [5, 5.41) is 5.24. The number of nitrogens with zero attached hydrogens (tertiary/aromatic N) is 1. The smallest absolute Gasteiger partial charge is 0.330 e. The van der Waals surface area contributed by atoms with Gasteiger partial charge in [-0.15, -0.1) is 11.8 Å². The Balaban J connectivity index is 1.50. The molecule has 3 amide bonds. The summed E-state index contributed by atoms with van der Waals surface area (Å²) >= 11 is 1.57. The van der Waals surface area contributed by atoms with Crippen molar-refractivity contribution in [1.82, 2.24) is 4.90 Å². The van der Waals surface area contributed by atoms with E-state index >= 15 is 0 Å². The summed E-state index contributed by atoms with van der Waals surface area (Å²) < 4.78 is 5.12. The predicted octanol–water partition coefficient (Wildman–Crippen LogP) is 1.58. The van der Waals surface area contributed by atoms with Crippen molar-refractivity contribution in [3.8, 4) is 0 Å². The van der Waals surface area contributed by atoms with Gasteiger partial charge in [-0.05, 0) is 37.6 Å². The highest BCUT2D eigenvalue weighted by molar-refractivity contribution is 8.01. The third-order valence-corrected chi connectivity index (χ3v) is 6.06. The lowest BCUT2D eigenvalue weighted by molar-refractivity contribution is -0.155. The third-order valence-electron chi connectivity index (χ3n) is 4.55. The second-order valence-electron chi connectivity index (χ2n) is 6.68. The summed E-state index contributed by atoms with van der Waals surface area (Å²) in [6, 6.07) is 5.93. The lowest BCUT2D eigenvalue weighted by atomic mass is 10.2. The van der Waals surface area contributed by atoms with Gasteiger partial charge < -0.3 is 20.3 Å². The molecule has 0 unspecified atom stereocenters. The van der Waals surface area contributed by atoms with Gasteiger partial charge in [-0.3, -0.25) is 14.4 Å². The van der Waals surface area contributed by atoms with Crippen LogP contribution in [0.5, 0.6) is 0 Å². The van der Waals surface area contributed by atoms with Crippen LogP contribution in [0.1, 0.15) is 26.7 Å². The van der Waals surface area contributed by atoms with E-state index in [1.807, 2.05) is 6.92 Å². The zero-order valence-electron chi connectivity index (χ0n) is 15.1. The maximum absolute atomic E-state index is 12.3. The van der Waals surface area contributed by atoms with E-state index in [4.69, 9.17) is 4.74 Å². The van der Waals surface area contributed by atoms with Crippen molar-refractivity contribution in [2.45, 2.75) is 37.6 Å². The summed E-state index contributed by atoms with van der Waals surface area (Å²) in [7, 11) is 0. The first-order valence-corrected chi connectivity index (χ1v) is 9.57. The number of thioether (sulfide) groups is 1. The van der Waals surface area contributed by atoms with E-state index in [1.165, 1.54) is 6.92 Å². The number of amides is 3. The van der Waals surface area contributed by atoms with Crippen LogP contribution in [0.4, 0.5) is 11.4 Å². The summed E-state index contributed by atoms with van der Waals surface area (Å²) in [5.74, 6) is -0.785. The molecule has 0 bridgehead atoms. The van der Waals surface area contributed by atoms with Gasteiger partial charge in [-0.1, -0.05) is 0 Å². The number of ether oxygens (including phenoxy) is 1.